The third-order valence-corrected chi connectivity index (χ3v) is 6.34. The molecule has 0 spiro atoms. The summed E-state index contributed by atoms with van der Waals surface area (Å²) >= 11 is 0. The molecule has 4 rings (SSSR count). The normalized spacial score (nSPS) is 23.5. The molecule has 2 atom stereocenters. The molecule has 3 aliphatic carbocycles. The third kappa shape index (κ3) is 2.42. The molecule has 8 nitrogen and oxygen atoms in total. The van der Waals surface area contributed by atoms with Crippen molar-refractivity contribution in [3.63, 3.8) is 0 Å². The van der Waals surface area contributed by atoms with Gasteiger partial charge < -0.3 is 14.3 Å². The Morgan fingerprint density at radius 3 is 2.50 bits per heavy atom. The van der Waals surface area contributed by atoms with Gasteiger partial charge in [0.1, 0.15) is 5.76 Å². The number of ether oxygens (including phenoxy) is 1. The average Bonchev–Trinajstić information content (AvgIpc) is 3.03. The van der Waals surface area contributed by atoms with Crippen LogP contribution in [0.15, 0.2) is 31.7 Å². The van der Waals surface area contributed by atoms with E-state index in [1.165, 1.54) is 13.8 Å². The molecule has 0 saturated carbocycles. The second kappa shape index (κ2) is 6.35. The molecule has 0 bridgehead atoms. The first-order valence-corrected chi connectivity index (χ1v) is 9.63. The number of carbonyl (C=O) groups is 4. The van der Waals surface area contributed by atoms with Crippen LogP contribution in [-0.2, 0) is 31.0 Å². The van der Waals surface area contributed by atoms with Crippen LogP contribution in [0.1, 0.15) is 54.4 Å². The first kappa shape index (κ1) is 20.0. The number of carbonyl (C=O) groups excluding carboxylic acids is 4. The van der Waals surface area contributed by atoms with Gasteiger partial charge in [-0.25, -0.2) is 4.79 Å². The van der Waals surface area contributed by atoms with E-state index in [1.54, 1.807) is 13.8 Å². The van der Waals surface area contributed by atoms with Crippen LogP contribution < -0.4 is 5.63 Å². The van der Waals surface area contributed by atoms with E-state index in [4.69, 9.17) is 9.15 Å². The van der Waals surface area contributed by atoms with Gasteiger partial charge in [0.25, 0.3) is 0 Å². The van der Waals surface area contributed by atoms with Crippen molar-refractivity contribution in [3.8, 4) is 0 Å². The maximum absolute atomic E-state index is 13.2. The van der Waals surface area contributed by atoms with Crippen LogP contribution in [-0.4, -0.2) is 35.0 Å². The summed E-state index contributed by atoms with van der Waals surface area (Å²) in [4.78, 5) is 62.7. The van der Waals surface area contributed by atoms with Gasteiger partial charge >= 0.3 is 11.6 Å². The summed E-state index contributed by atoms with van der Waals surface area (Å²) in [5, 5.41) is 10.9. The highest BCUT2D eigenvalue weighted by Crippen LogP contribution is 2.53. The molecule has 0 fully saturated rings. The summed E-state index contributed by atoms with van der Waals surface area (Å²) in [6.45, 7) is 5.78. The van der Waals surface area contributed by atoms with E-state index < -0.39 is 46.0 Å². The smallest absolute Gasteiger partial charge is 0.339 e. The monoisotopic (exact) mass is 412 g/mol. The van der Waals surface area contributed by atoms with E-state index in [2.05, 4.69) is 0 Å². The molecule has 1 heterocycles. The van der Waals surface area contributed by atoms with E-state index in [1.807, 2.05) is 0 Å². The van der Waals surface area contributed by atoms with Crippen molar-refractivity contribution in [1.82, 2.24) is 0 Å². The van der Waals surface area contributed by atoms with E-state index in [0.717, 1.165) is 0 Å². The number of hydrogen-bond donors (Lipinski definition) is 1. The van der Waals surface area contributed by atoms with Crippen LogP contribution in [0, 0.1) is 12.8 Å². The number of rotatable bonds is 3. The molecule has 0 radical (unpaired) electrons. The molecule has 1 aromatic rings. The lowest BCUT2D eigenvalue weighted by Gasteiger charge is -2.36. The maximum atomic E-state index is 13.2. The second-order valence-electron chi connectivity index (χ2n) is 8.23. The third-order valence-electron chi connectivity index (χ3n) is 6.34. The maximum Gasteiger partial charge on any atom is 0.339 e. The molecule has 0 saturated heterocycles. The van der Waals surface area contributed by atoms with Gasteiger partial charge in [-0.15, -0.1) is 0 Å². The highest BCUT2D eigenvalue weighted by atomic mass is 16.5. The van der Waals surface area contributed by atoms with Gasteiger partial charge in [0, 0.05) is 35.0 Å². The Morgan fingerprint density at radius 1 is 1.20 bits per heavy atom. The number of allylic oxidation sites excluding steroid dienone is 2. The highest BCUT2D eigenvalue weighted by molar-refractivity contribution is 6.52. The van der Waals surface area contributed by atoms with Gasteiger partial charge in [-0.3, -0.25) is 19.2 Å². The number of esters is 1. The molecule has 30 heavy (non-hydrogen) atoms. The topological polar surface area (TPSA) is 128 Å². The van der Waals surface area contributed by atoms with Crippen molar-refractivity contribution in [2.75, 3.05) is 6.61 Å². The Morgan fingerprint density at radius 2 is 1.87 bits per heavy atom. The van der Waals surface area contributed by atoms with Gasteiger partial charge in [-0.1, -0.05) is 13.8 Å². The highest BCUT2D eigenvalue weighted by Gasteiger charge is 2.55. The molecule has 0 aromatic carbocycles. The van der Waals surface area contributed by atoms with E-state index in [9.17, 15) is 29.1 Å². The van der Waals surface area contributed by atoms with Crippen molar-refractivity contribution in [2.45, 2.75) is 46.0 Å². The van der Waals surface area contributed by atoms with Crippen LogP contribution in [0.4, 0.5) is 0 Å². The second-order valence-corrected chi connectivity index (χ2v) is 8.23. The first-order chi connectivity index (χ1) is 14.0. The van der Waals surface area contributed by atoms with Gasteiger partial charge in [0.2, 0.25) is 17.3 Å². The summed E-state index contributed by atoms with van der Waals surface area (Å²) < 4.78 is 10.2. The van der Waals surface area contributed by atoms with Crippen LogP contribution in [0.2, 0.25) is 0 Å². The largest absolute Gasteiger partial charge is 0.507 e. The lowest BCUT2D eigenvalue weighted by molar-refractivity contribution is -0.142. The molecule has 0 amide bonds. The number of aliphatic hydroxyl groups excluding tert-OH is 1. The predicted octanol–water partition coefficient (Wildman–Crippen LogP) is 1.81. The summed E-state index contributed by atoms with van der Waals surface area (Å²) in [5.74, 6) is -4.81. The van der Waals surface area contributed by atoms with Gasteiger partial charge in [-0.2, -0.15) is 0 Å². The van der Waals surface area contributed by atoms with Crippen molar-refractivity contribution in [3.05, 3.63) is 55.3 Å². The van der Waals surface area contributed by atoms with Crippen LogP contribution in [0.25, 0.3) is 0 Å². The van der Waals surface area contributed by atoms with Crippen molar-refractivity contribution in [1.29, 1.82) is 0 Å². The van der Waals surface area contributed by atoms with Crippen molar-refractivity contribution >= 4 is 23.3 Å². The predicted molar refractivity (Wildman–Crippen MR) is 102 cm³/mol. The number of aliphatic hydroxyl groups is 1. The lowest BCUT2D eigenvalue weighted by Crippen LogP contribution is -2.43. The average molecular weight is 412 g/mol. The SMILES string of the molecule is CC(=O)OC[C@@H](C)C1=C(O)C2=C(C(=O)C1=O)[C@@]1(C)CCc3c1c(oc(=O)c3C)C2=O. The number of Topliss-reactive ketones (excluding diaryl/α,β-unsaturated/α-hetero) is 3. The summed E-state index contributed by atoms with van der Waals surface area (Å²) in [6, 6.07) is 0. The van der Waals surface area contributed by atoms with Crippen molar-refractivity contribution in [2.24, 2.45) is 5.92 Å². The fourth-order valence-corrected chi connectivity index (χ4v) is 4.83. The van der Waals surface area contributed by atoms with Gasteiger partial charge in [0.15, 0.2) is 5.76 Å². The van der Waals surface area contributed by atoms with Gasteiger partial charge in [-0.05, 0) is 25.3 Å². The molecular weight excluding hydrogens is 392 g/mol. The Balaban J connectivity index is 1.97. The summed E-state index contributed by atoms with van der Waals surface area (Å²) in [6.07, 6.45) is 0.841. The minimum absolute atomic E-state index is 0.0575. The molecule has 156 valence electrons. The van der Waals surface area contributed by atoms with E-state index in [0.29, 0.717) is 29.5 Å². The zero-order valence-corrected chi connectivity index (χ0v) is 17.0. The Kier molecular flexibility index (Phi) is 4.24. The van der Waals surface area contributed by atoms with Crippen LogP contribution in [0.5, 0.6) is 0 Å². The van der Waals surface area contributed by atoms with Gasteiger partial charge in [0.05, 0.1) is 17.8 Å². The fourth-order valence-electron chi connectivity index (χ4n) is 4.83. The molecule has 8 heteroatoms. The van der Waals surface area contributed by atoms with Crippen LogP contribution in [0.3, 0.4) is 0 Å². The Labute approximate surface area is 171 Å². The van der Waals surface area contributed by atoms with E-state index >= 15 is 0 Å². The van der Waals surface area contributed by atoms with Crippen molar-refractivity contribution < 1.29 is 33.4 Å². The zero-order valence-electron chi connectivity index (χ0n) is 17.0. The van der Waals surface area contributed by atoms with Crippen LogP contribution >= 0.6 is 0 Å². The molecule has 1 aromatic heterocycles. The standard InChI is InChI=1S/C22H20O8/c1-8(7-29-10(3)23)12-16(24)13-15(19(27)17(12)25)22(4)6-5-11-9(2)21(28)30-20(14(11)22)18(13)26/h8,24H,5-7H2,1-4H3/t8-,22+/m1/s1. The Bertz CT molecular complexity index is 1190. The molecular formula is C22H20O8. The number of fused-ring (bicyclic) bond motifs is 1. The molecule has 0 unspecified atom stereocenters. The first-order valence-electron chi connectivity index (χ1n) is 9.63. The number of ketones is 3. The summed E-state index contributed by atoms with van der Waals surface area (Å²) in [5.41, 5.74) is -0.837. The number of hydrogen-bond acceptors (Lipinski definition) is 8. The molecule has 0 aliphatic heterocycles. The minimum atomic E-state index is -1.03. The van der Waals surface area contributed by atoms with E-state index in [-0.39, 0.29) is 29.1 Å². The zero-order chi connectivity index (χ0) is 22.1. The Hall–Kier alpha value is -3.29. The molecule has 3 aliphatic rings. The minimum Gasteiger partial charge on any atom is -0.507 e. The summed E-state index contributed by atoms with van der Waals surface area (Å²) in [7, 11) is 0. The fraction of sp³-hybridized carbons (Fsp3) is 0.409. The molecule has 1 N–H and O–H groups in total. The lowest BCUT2D eigenvalue weighted by atomic mass is 9.64. The quantitative estimate of drug-likeness (QED) is 0.452.